The summed E-state index contributed by atoms with van der Waals surface area (Å²) in [5.41, 5.74) is 3.64. The Morgan fingerprint density at radius 1 is 1.11 bits per heavy atom. The Hall–Kier alpha value is -0.890. The summed E-state index contributed by atoms with van der Waals surface area (Å²) in [5, 5.41) is 3.60. The molecule has 0 saturated carbocycles. The largest absolute Gasteiger partial charge is 0.310 e. The molecule has 0 aliphatic carbocycles. The van der Waals surface area contributed by atoms with Gasteiger partial charge in [-0.05, 0) is 50.4 Å². The molecule has 0 saturated heterocycles. The van der Waals surface area contributed by atoms with Crippen molar-refractivity contribution in [2.75, 3.05) is 6.54 Å². The van der Waals surface area contributed by atoms with Crippen LogP contribution in [0.2, 0.25) is 0 Å². The summed E-state index contributed by atoms with van der Waals surface area (Å²) in [5.74, 6) is 0.799. The van der Waals surface area contributed by atoms with Gasteiger partial charge in [0, 0.05) is 17.4 Å². The first-order chi connectivity index (χ1) is 8.52. The molecule has 1 aromatic heterocycles. The molecular formula is C16H28N2. The summed E-state index contributed by atoms with van der Waals surface area (Å²) >= 11 is 0. The lowest BCUT2D eigenvalue weighted by atomic mass is 9.97. The van der Waals surface area contributed by atoms with Crippen LogP contribution in [-0.2, 0) is 0 Å². The molecule has 0 radical (unpaired) electrons. The van der Waals surface area contributed by atoms with Crippen molar-refractivity contribution in [2.24, 2.45) is 5.92 Å². The van der Waals surface area contributed by atoms with Crippen molar-refractivity contribution in [2.45, 2.75) is 59.9 Å². The van der Waals surface area contributed by atoms with Gasteiger partial charge in [-0.1, -0.05) is 33.6 Å². The first-order valence-corrected chi connectivity index (χ1v) is 7.21. The van der Waals surface area contributed by atoms with E-state index >= 15 is 0 Å². The van der Waals surface area contributed by atoms with Crippen molar-refractivity contribution < 1.29 is 0 Å². The number of nitrogens with zero attached hydrogens (tertiary/aromatic N) is 1. The second kappa shape index (κ2) is 7.52. The van der Waals surface area contributed by atoms with Crippen molar-refractivity contribution in [3.8, 4) is 0 Å². The van der Waals surface area contributed by atoms with E-state index in [9.17, 15) is 0 Å². The van der Waals surface area contributed by atoms with Crippen LogP contribution in [0.25, 0.3) is 0 Å². The second-order valence-electron chi connectivity index (χ2n) is 5.62. The maximum Gasteiger partial charge on any atom is 0.0379 e. The minimum absolute atomic E-state index is 0.481. The lowest BCUT2D eigenvalue weighted by molar-refractivity contribution is 0.455. The highest BCUT2D eigenvalue weighted by atomic mass is 14.9. The Labute approximate surface area is 112 Å². The molecule has 1 N–H and O–H groups in total. The van der Waals surface area contributed by atoms with Crippen LogP contribution in [0.15, 0.2) is 12.1 Å². The molecule has 0 spiro atoms. The van der Waals surface area contributed by atoms with E-state index in [1.807, 2.05) is 0 Å². The highest BCUT2D eigenvalue weighted by Crippen LogP contribution is 2.22. The van der Waals surface area contributed by atoms with E-state index in [-0.39, 0.29) is 0 Å². The van der Waals surface area contributed by atoms with Crippen LogP contribution in [0.5, 0.6) is 0 Å². The third-order valence-corrected chi connectivity index (χ3v) is 3.23. The van der Waals surface area contributed by atoms with Crippen molar-refractivity contribution >= 4 is 0 Å². The normalized spacial score (nSPS) is 13.0. The molecular weight excluding hydrogens is 220 g/mol. The minimum atomic E-state index is 0.481. The van der Waals surface area contributed by atoms with Crippen molar-refractivity contribution in [3.63, 3.8) is 0 Å². The molecule has 18 heavy (non-hydrogen) atoms. The second-order valence-corrected chi connectivity index (χ2v) is 5.62. The number of hydrogen-bond donors (Lipinski definition) is 1. The molecule has 0 aliphatic heterocycles. The standard InChI is InChI=1S/C16H28N2/c1-6-17-16(9-7-8-12(2)3)15-10-13(4)18-14(5)11-15/h10-12,16-17H,6-9H2,1-5H3. The van der Waals surface area contributed by atoms with Gasteiger partial charge in [0.15, 0.2) is 0 Å². The summed E-state index contributed by atoms with van der Waals surface area (Å²) in [7, 11) is 0. The Kier molecular flexibility index (Phi) is 6.34. The van der Waals surface area contributed by atoms with Crippen LogP contribution in [0.3, 0.4) is 0 Å². The van der Waals surface area contributed by atoms with E-state index in [4.69, 9.17) is 0 Å². The van der Waals surface area contributed by atoms with E-state index in [1.54, 1.807) is 0 Å². The number of hydrogen-bond acceptors (Lipinski definition) is 2. The van der Waals surface area contributed by atoms with E-state index in [0.717, 1.165) is 23.9 Å². The molecule has 1 atom stereocenters. The van der Waals surface area contributed by atoms with Crippen LogP contribution in [0.1, 0.15) is 63.0 Å². The van der Waals surface area contributed by atoms with Crippen LogP contribution in [0.4, 0.5) is 0 Å². The fraction of sp³-hybridized carbons (Fsp3) is 0.688. The van der Waals surface area contributed by atoms with Gasteiger partial charge < -0.3 is 5.32 Å². The fourth-order valence-electron chi connectivity index (χ4n) is 2.43. The average Bonchev–Trinajstić information content (AvgIpc) is 2.26. The molecule has 0 aromatic carbocycles. The Morgan fingerprint density at radius 2 is 1.72 bits per heavy atom. The molecule has 0 amide bonds. The minimum Gasteiger partial charge on any atom is -0.310 e. The highest BCUT2D eigenvalue weighted by Gasteiger charge is 2.11. The van der Waals surface area contributed by atoms with Gasteiger partial charge in [0.25, 0.3) is 0 Å². The summed E-state index contributed by atoms with van der Waals surface area (Å²) in [6.07, 6.45) is 3.82. The smallest absolute Gasteiger partial charge is 0.0379 e. The number of rotatable bonds is 7. The molecule has 2 nitrogen and oxygen atoms in total. The van der Waals surface area contributed by atoms with Gasteiger partial charge in [0.05, 0.1) is 0 Å². The zero-order valence-electron chi connectivity index (χ0n) is 12.6. The number of pyridine rings is 1. The van der Waals surface area contributed by atoms with Gasteiger partial charge >= 0.3 is 0 Å². The third kappa shape index (κ3) is 5.18. The van der Waals surface area contributed by atoms with Crippen molar-refractivity contribution in [3.05, 3.63) is 29.1 Å². The SMILES string of the molecule is CCNC(CCCC(C)C)c1cc(C)nc(C)c1. The zero-order valence-corrected chi connectivity index (χ0v) is 12.6. The maximum absolute atomic E-state index is 4.46. The fourth-order valence-corrected chi connectivity index (χ4v) is 2.43. The molecule has 2 heteroatoms. The molecule has 0 fully saturated rings. The van der Waals surface area contributed by atoms with Crippen LogP contribution in [-0.4, -0.2) is 11.5 Å². The number of nitrogens with one attached hydrogen (secondary N) is 1. The summed E-state index contributed by atoms with van der Waals surface area (Å²) in [6, 6.07) is 4.92. The average molecular weight is 248 g/mol. The molecule has 1 rings (SSSR count). The molecule has 0 bridgehead atoms. The van der Waals surface area contributed by atoms with Gasteiger partial charge in [-0.3, -0.25) is 4.98 Å². The van der Waals surface area contributed by atoms with E-state index in [0.29, 0.717) is 6.04 Å². The van der Waals surface area contributed by atoms with E-state index < -0.39 is 0 Å². The van der Waals surface area contributed by atoms with Crippen molar-refractivity contribution in [1.82, 2.24) is 10.3 Å². The maximum atomic E-state index is 4.46. The summed E-state index contributed by atoms with van der Waals surface area (Å²) in [4.78, 5) is 4.46. The third-order valence-electron chi connectivity index (χ3n) is 3.23. The number of aromatic nitrogens is 1. The monoisotopic (exact) mass is 248 g/mol. The quantitative estimate of drug-likeness (QED) is 0.783. The van der Waals surface area contributed by atoms with Gasteiger partial charge in [0.1, 0.15) is 0 Å². The van der Waals surface area contributed by atoms with Gasteiger partial charge in [-0.2, -0.15) is 0 Å². The first kappa shape index (κ1) is 15.2. The lowest BCUT2D eigenvalue weighted by Gasteiger charge is -2.19. The zero-order chi connectivity index (χ0) is 13.5. The summed E-state index contributed by atoms with van der Waals surface area (Å²) < 4.78 is 0. The van der Waals surface area contributed by atoms with Crippen molar-refractivity contribution in [1.29, 1.82) is 0 Å². The molecule has 1 unspecified atom stereocenters. The van der Waals surface area contributed by atoms with Crippen LogP contribution < -0.4 is 5.32 Å². The topological polar surface area (TPSA) is 24.9 Å². The van der Waals surface area contributed by atoms with Crippen LogP contribution in [0, 0.1) is 19.8 Å². The Balaban J connectivity index is 2.70. The molecule has 1 heterocycles. The Morgan fingerprint density at radius 3 is 2.22 bits per heavy atom. The van der Waals surface area contributed by atoms with Crippen LogP contribution >= 0.6 is 0 Å². The van der Waals surface area contributed by atoms with Gasteiger partial charge in [0.2, 0.25) is 0 Å². The predicted molar refractivity (Wildman–Crippen MR) is 78.8 cm³/mol. The first-order valence-electron chi connectivity index (χ1n) is 7.21. The Bertz CT molecular complexity index is 338. The van der Waals surface area contributed by atoms with E-state index in [1.165, 1.54) is 24.8 Å². The highest BCUT2D eigenvalue weighted by molar-refractivity contribution is 5.23. The van der Waals surface area contributed by atoms with Gasteiger partial charge in [-0.25, -0.2) is 0 Å². The molecule has 0 aliphatic rings. The molecule has 102 valence electrons. The van der Waals surface area contributed by atoms with Gasteiger partial charge in [-0.15, -0.1) is 0 Å². The van der Waals surface area contributed by atoms with E-state index in [2.05, 4.69) is 57.1 Å². The summed E-state index contributed by atoms with van der Waals surface area (Å²) in [6.45, 7) is 11.9. The predicted octanol–water partition coefficient (Wildman–Crippen LogP) is 4.18. The molecule has 1 aromatic rings. The number of aryl methyl sites for hydroxylation is 2. The lowest BCUT2D eigenvalue weighted by Crippen LogP contribution is -2.21.